The summed E-state index contributed by atoms with van der Waals surface area (Å²) in [5.74, 6) is -0.0569. The molecule has 2 aliphatic rings. The summed E-state index contributed by atoms with van der Waals surface area (Å²) in [6.07, 6.45) is 1.08. The number of nitrogens with one attached hydrogen (secondary N) is 1. The molecule has 0 aliphatic carbocycles. The van der Waals surface area contributed by atoms with E-state index >= 15 is 0 Å². The highest BCUT2D eigenvalue weighted by Crippen LogP contribution is 2.29. The van der Waals surface area contributed by atoms with Gasteiger partial charge < -0.3 is 19.9 Å². The number of fused-ring (bicyclic) bond motifs is 1. The molecule has 4 rings (SSSR count). The lowest BCUT2D eigenvalue weighted by molar-refractivity contribution is -0.158. The first kappa shape index (κ1) is 24.5. The third-order valence-electron chi connectivity index (χ3n) is 6.23. The first-order valence-electron chi connectivity index (χ1n) is 11.4. The number of hydrogen-bond donors (Lipinski definition) is 2. The smallest absolute Gasteiger partial charge is 0.222 e. The maximum atomic E-state index is 12.5. The van der Waals surface area contributed by atoms with Crippen molar-refractivity contribution in [2.45, 2.75) is 56.7 Å². The molecule has 6 nitrogen and oxygen atoms in total. The van der Waals surface area contributed by atoms with Crippen LogP contribution in [-0.2, 0) is 27.4 Å². The second-order valence-electron chi connectivity index (χ2n) is 8.76. The summed E-state index contributed by atoms with van der Waals surface area (Å²) in [7, 11) is 0. The SMILES string of the molecule is O=C(C[C@@H]1CC[C@@H]2[C@H](COC[C@@H](O)CN2Cc2ccc(Cl)cc2)O1)NCc1ccccc1Cl. The Kier molecular flexibility index (Phi) is 8.63. The van der Waals surface area contributed by atoms with E-state index in [-0.39, 0.29) is 30.8 Å². The fourth-order valence-electron chi connectivity index (χ4n) is 4.57. The van der Waals surface area contributed by atoms with Gasteiger partial charge in [0.05, 0.1) is 37.9 Å². The lowest BCUT2D eigenvalue weighted by atomic mass is 9.94. The van der Waals surface area contributed by atoms with Crippen LogP contribution in [0.25, 0.3) is 0 Å². The Bertz CT molecular complexity index is 927. The van der Waals surface area contributed by atoms with Crippen LogP contribution in [0.3, 0.4) is 0 Å². The van der Waals surface area contributed by atoms with E-state index in [2.05, 4.69) is 10.2 Å². The number of aliphatic hydroxyl groups excluding tert-OH is 1. The van der Waals surface area contributed by atoms with Gasteiger partial charge in [-0.05, 0) is 42.2 Å². The number of nitrogens with zero attached hydrogens (tertiary/aromatic N) is 1. The molecule has 0 aromatic heterocycles. The molecule has 2 aliphatic heterocycles. The van der Waals surface area contributed by atoms with Gasteiger partial charge in [-0.15, -0.1) is 0 Å². The van der Waals surface area contributed by atoms with Crippen molar-refractivity contribution in [3.05, 3.63) is 69.7 Å². The summed E-state index contributed by atoms with van der Waals surface area (Å²) in [6, 6.07) is 15.4. The molecule has 1 amide bonds. The summed E-state index contributed by atoms with van der Waals surface area (Å²) < 4.78 is 12.0. The van der Waals surface area contributed by atoms with Crippen LogP contribution in [-0.4, -0.2) is 60.0 Å². The average Bonchev–Trinajstić information content (AvgIpc) is 2.79. The molecule has 8 heteroatoms. The lowest BCUT2D eigenvalue weighted by Gasteiger charge is -2.44. The van der Waals surface area contributed by atoms with Gasteiger partial charge in [0.1, 0.15) is 0 Å². The number of aliphatic hydroxyl groups is 1. The fraction of sp³-hybridized carbons (Fsp3) is 0.480. The van der Waals surface area contributed by atoms with E-state index in [0.29, 0.717) is 42.7 Å². The zero-order chi connectivity index (χ0) is 23.2. The maximum Gasteiger partial charge on any atom is 0.222 e. The van der Waals surface area contributed by atoms with Crippen molar-refractivity contribution in [2.75, 3.05) is 19.8 Å². The summed E-state index contributed by atoms with van der Waals surface area (Å²) in [6.45, 7) is 2.27. The van der Waals surface area contributed by atoms with Crippen LogP contribution in [0.5, 0.6) is 0 Å². The van der Waals surface area contributed by atoms with Crippen molar-refractivity contribution in [3.8, 4) is 0 Å². The van der Waals surface area contributed by atoms with Gasteiger partial charge in [0.15, 0.2) is 0 Å². The molecule has 2 N–H and O–H groups in total. The molecule has 0 radical (unpaired) electrons. The van der Waals surface area contributed by atoms with Crippen LogP contribution in [0.15, 0.2) is 48.5 Å². The molecule has 2 fully saturated rings. The number of rotatable bonds is 6. The molecular weight excluding hydrogens is 463 g/mol. The third kappa shape index (κ3) is 6.92. The van der Waals surface area contributed by atoms with Gasteiger partial charge in [0, 0.05) is 35.7 Å². The summed E-state index contributed by atoms with van der Waals surface area (Å²) in [5, 5.41) is 14.6. The Morgan fingerprint density at radius 2 is 1.88 bits per heavy atom. The Balaban J connectivity index is 1.34. The molecule has 2 aromatic carbocycles. The standard InChI is InChI=1S/C25H30Cl2N2O4/c26-19-7-5-17(6-8-19)13-29-14-20(30)15-32-16-24-23(29)10-9-21(33-24)11-25(31)28-12-18-3-1-2-4-22(18)27/h1-8,20-21,23-24,30H,9-16H2,(H,28,31)/t20-,21-,23+,24-/m0/s1. The van der Waals surface area contributed by atoms with E-state index < -0.39 is 6.10 Å². The molecule has 4 atom stereocenters. The topological polar surface area (TPSA) is 71.0 Å². The monoisotopic (exact) mass is 492 g/mol. The summed E-state index contributed by atoms with van der Waals surface area (Å²) >= 11 is 12.2. The third-order valence-corrected chi connectivity index (χ3v) is 6.85. The minimum Gasteiger partial charge on any atom is -0.389 e. The molecule has 2 saturated heterocycles. The van der Waals surface area contributed by atoms with Crippen LogP contribution >= 0.6 is 23.2 Å². The number of β-amino-alcohol motifs (C(OH)–C–C–N with tert-alkyl or cyclic N) is 1. The number of carbonyl (C=O) groups excluding carboxylic acids is 1. The zero-order valence-electron chi connectivity index (χ0n) is 18.5. The Hall–Kier alpha value is -1.67. The van der Waals surface area contributed by atoms with Crippen molar-refractivity contribution in [2.24, 2.45) is 0 Å². The minimum absolute atomic E-state index is 0.0569. The quantitative estimate of drug-likeness (QED) is 0.641. The van der Waals surface area contributed by atoms with E-state index in [1.54, 1.807) is 0 Å². The number of halogens is 2. The maximum absolute atomic E-state index is 12.5. The fourth-order valence-corrected chi connectivity index (χ4v) is 4.89. The van der Waals surface area contributed by atoms with Crippen molar-refractivity contribution in [1.29, 1.82) is 0 Å². The Labute approximate surface area is 204 Å². The number of ether oxygens (including phenoxy) is 2. The number of benzene rings is 2. The van der Waals surface area contributed by atoms with Crippen LogP contribution < -0.4 is 5.32 Å². The second-order valence-corrected chi connectivity index (χ2v) is 9.60. The van der Waals surface area contributed by atoms with E-state index in [9.17, 15) is 9.90 Å². The first-order valence-corrected chi connectivity index (χ1v) is 12.1. The predicted octanol–water partition coefficient (Wildman–Crippen LogP) is 3.81. The number of hydrogen-bond acceptors (Lipinski definition) is 5. The lowest BCUT2D eigenvalue weighted by Crippen LogP contribution is -2.55. The van der Waals surface area contributed by atoms with Gasteiger partial charge in [-0.25, -0.2) is 0 Å². The van der Waals surface area contributed by atoms with Gasteiger partial charge in [-0.1, -0.05) is 53.5 Å². The predicted molar refractivity (Wildman–Crippen MR) is 128 cm³/mol. The molecule has 0 spiro atoms. The molecule has 0 unspecified atom stereocenters. The zero-order valence-corrected chi connectivity index (χ0v) is 20.0. The van der Waals surface area contributed by atoms with Crippen LogP contribution in [0.2, 0.25) is 10.0 Å². The van der Waals surface area contributed by atoms with Gasteiger partial charge in [-0.3, -0.25) is 9.69 Å². The number of amides is 1. The molecular formula is C25H30Cl2N2O4. The molecule has 33 heavy (non-hydrogen) atoms. The van der Waals surface area contributed by atoms with Crippen LogP contribution in [0.4, 0.5) is 0 Å². The highest BCUT2D eigenvalue weighted by molar-refractivity contribution is 6.31. The highest BCUT2D eigenvalue weighted by Gasteiger charge is 2.38. The molecule has 2 heterocycles. The normalized spacial score (nSPS) is 26.2. The van der Waals surface area contributed by atoms with E-state index in [0.717, 1.165) is 24.0 Å². The minimum atomic E-state index is -0.549. The van der Waals surface area contributed by atoms with Gasteiger partial charge in [0.25, 0.3) is 0 Å². The molecule has 0 bridgehead atoms. The van der Waals surface area contributed by atoms with Crippen LogP contribution in [0.1, 0.15) is 30.4 Å². The summed E-state index contributed by atoms with van der Waals surface area (Å²) in [5.41, 5.74) is 2.02. The van der Waals surface area contributed by atoms with Crippen LogP contribution in [0, 0.1) is 0 Å². The Morgan fingerprint density at radius 1 is 1.09 bits per heavy atom. The van der Waals surface area contributed by atoms with Crippen molar-refractivity contribution in [3.63, 3.8) is 0 Å². The van der Waals surface area contributed by atoms with Gasteiger partial charge in [0.2, 0.25) is 5.91 Å². The average molecular weight is 493 g/mol. The van der Waals surface area contributed by atoms with Gasteiger partial charge in [-0.2, -0.15) is 0 Å². The van der Waals surface area contributed by atoms with Gasteiger partial charge >= 0.3 is 0 Å². The first-order chi connectivity index (χ1) is 16.0. The van der Waals surface area contributed by atoms with E-state index in [4.69, 9.17) is 32.7 Å². The van der Waals surface area contributed by atoms with Crippen molar-refractivity contribution >= 4 is 29.1 Å². The van der Waals surface area contributed by atoms with Crippen molar-refractivity contribution in [1.82, 2.24) is 10.2 Å². The molecule has 0 saturated carbocycles. The second kappa shape index (κ2) is 11.6. The molecule has 2 aromatic rings. The largest absolute Gasteiger partial charge is 0.389 e. The van der Waals surface area contributed by atoms with Crippen molar-refractivity contribution < 1.29 is 19.4 Å². The molecule has 178 valence electrons. The number of carbonyl (C=O) groups is 1. The Morgan fingerprint density at radius 3 is 2.67 bits per heavy atom. The van der Waals surface area contributed by atoms with E-state index in [1.807, 2.05) is 48.5 Å². The summed E-state index contributed by atoms with van der Waals surface area (Å²) in [4.78, 5) is 14.8. The van der Waals surface area contributed by atoms with E-state index in [1.165, 1.54) is 0 Å². The highest BCUT2D eigenvalue weighted by atomic mass is 35.5.